The van der Waals surface area contributed by atoms with Gasteiger partial charge < -0.3 is 15.4 Å². The maximum Gasteiger partial charge on any atom is 0.282 e. The van der Waals surface area contributed by atoms with Crippen molar-refractivity contribution in [3.63, 3.8) is 0 Å². The number of nitrogen functional groups attached to an aromatic ring is 1. The number of likely N-dealkylation sites (tertiary alicyclic amines) is 1. The number of halogens is 2. The monoisotopic (exact) mass is 469 g/mol. The third-order valence-corrected chi connectivity index (χ3v) is 6.70. The molecule has 1 aliphatic heterocycles. The van der Waals surface area contributed by atoms with Crippen LogP contribution in [0.15, 0.2) is 12.4 Å². The summed E-state index contributed by atoms with van der Waals surface area (Å²) in [4.78, 5) is 10.4. The fourth-order valence-electron chi connectivity index (χ4n) is 4.84. The maximum absolute atomic E-state index is 13.8. The van der Waals surface area contributed by atoms with Gasteiger partial charge in [0.1, 0.15) is 23.6 Å². The number of nitriles is 1. The molecule has 8 nitrogen and oxygen atoms in total. The van der Waals surface area contributed by atoms with E-state index in [1.165, 1.54) is 11.0 Å². The lowest BCUT2D eigenvalue weighted by atomic mass is 9.83. The highest BCUT2D eigenvalue weighted by Gasteiger charge is 2.34. The molecule has 3 aromatic rings. The molecule has 0 amide bonds. The van der Waals surface area contributed by atoms with Crippen molar-refractivity contribution in [2.24, 2.45) is 0 Å². The molecule has 34 heavy (non-hydrogen) atoms. The van der Waals surface area contributed by atoms with Crippen LogP contribution in [0, 0.1) is 18.3 Å². The molecule has 10 heteroatoms. The minimum atomic E-state index is -2.83. The summed E-state index contributed by atoms with van der Waals surface area (Å²) in [6.07, 6.45) is 0.683. The van der Waals surface area contributed by atoms with Crippen LogP contribution in [0.3, 0.4) is 0 Å². The molecular weight excluding hydrogens is 440 g/mol. The largest absolute Gasteiger partial charge is 0.496 e. The van der Waals surface area contributed by atoms with E-state index in [0.29, 0.717) is 16.9 Å². The number of benzene rings is 1. The number of unbranched alkanes of at least 4 members (excludes halogenated alkanes) is 1. The molecule has 2 N–H and O–H groups in total. The van der Waals surface area contributed by atoms with Crippen LogP contribution in [0.1, 0.15) is 73.0 Å². The highest BCUT2D eigenvalue weighted by atomic mass is 19.3. The summed E-state index contributed by atoms with van der Waals surface area (Å²) in [5.74, 6) is 0.845. The average molecular weight is 470 g/mol. The molecule has 1 saturated heterocycles. The second-order valence-corrected chi connectivity index (χ2v) is 8.77. The molecule has 180 valence electrons. The van der Waals surface area contributed by atoms with Gasteiger partial charge in [-0.25, -0.2) is 23.4 Å². The molecule has 0 aliphatic carbocycles. The fourth-order valence-corrected chi connectivity index (χ4v) is 4.84. The number of ether oxygens (including phenoxy) is 1. The average Bonchev–Trinajstić information content (AvgIpc) is 3.19. The molecule has 3 heterocycles. The molecule has 1 unspecified atom stereocenters. The van der Waals surface area contributed by atoms with Crippen LogP contribution in [0.2, 0.25) is 0 Å². The summed E-state index contributed by atoms with van der Waals surface area (Å²) in [5.41, 5.74) is 8.76. The third kappa shape index (κ3) is 3.94. The smallest absolute Gasteiger partial charge is 0.282 e. The van der Waals surface area contributed by atoms with Gasteiger partial charge in [-0.3, -0.25) is 0 Å². The van der Waals surface area contributed by atoms with Crippen molar-refractivity contribution in [1.29, 1.82) is 5.26 Å². The Bertz CT molecular complexity index is 1240. The van der Waals surface area contributed by atoms with Crippen molar-refractivity contribution in [1.82, 2.24) is 24.6 Å². The van der Waals surface area contributed by atoms with Gasteiger partial charge in [0.15, 0.2) is 5.65 Å². The predicted molar refractivity (Wildman–Crippen MR) is 125 cm³/mol. The Labute approximate surface area is 197 Å². The molecule has 2 aromatic heterocycles. The van der Waals surface area contributed by atoms with E-state index in [9.17, 15) is 14.0 Å². The zero-order valence-corrected chi connectivity index (χ0v) is 19.8. The first-order valence-electron chi connectivity index (χ1n) is 11.4. The molecule has 1 aromatic carbocycles. The molecule has 0 bridgehead atoms. The Hall–Kier alpha value is -3.32. The molecular formula is C24H29F2N7O. The third-order valence-electron chi connectivity index (χ3n) is 6.70. The predicted octanol–water partition coefficient (Wildman–Crippen LogP) is 4.34. The quantitative estimate of drug-likeness (QED) is 0.523. The summed E-state index contributed by atoms with van der Waals surface area (Å²) in [6, 6.07) is 3.51. The van der Waals surface area contributed by atoms with Gasteiger partial charge in [-0.1, -0.05) is 13.3 Å². The first-order valence-corrected chi connectivity index (χ1v) is 11.4. The number of nitrogens with two attached hydrogens (primary N) is 1. The van der Waals surface area contributed by atoms with Crippen molar-refractivity contribution < 1.29 is 13.5 Å². The lowest BCUT2D eigenvalue weighted by molar-refractivity contribution is 0.143. The summed E-state index contributed by atoms with van der Waals surface area (Å²) < 4.78 is 34.8. The normalized spacial score (nSPS) is 15.5. The van der Waals surface area contributed by atoms with Gasteiger partial charge in [0.25, 0.3) is 6.43 Å². The Morgan fingerprint density at radius 2 is 2.06 bits per heavy atom. The van der Waals surface area contributed by atoms with Gasteiger partial charge in [0.2, 0.25) is 0 Å². The van der Waals surface area contributed by atoms with Gasteiger partial charge >= 0.3 is 0 Å². The number of aromatic nitrogens is 4. The van der Waals surface area contributed by atoms with Crippen molar-refractivity contribution in [3.05, 3.63) is 40.3 Å². The zero-order chi connectivity index (χ0) is 24.6. The Morgan fingerprint density at radius 1 is 1.32 bits per heavy atom. The molecule has 4 rings (SSSR count). The topological polar surface area (TPSA) is 106 Å². The van der Waals surface area contributed by atoms with Crippen molar-refractivity contribution >= 4 is 16.9 Å². The van der Waals surface area contributed by atoms with E-state index in [1.807, 2.05) is 13.8 Å². The van der Waals surface area contributed by atoms with E-state index in [4.69, 9.17) is 10.5 Å². The number of anilines is 1. The van der Waals surface area contributed by atoms with Gasteiger partial charge in [0.05, 0.1) is 30.2 Å². The zero-order valence-electron chi connectivity index (χ0n) is 19.8. The summed E-state index contributed by atoms with van der Waals surface area (Å²) in [5, 5.41) is 14.1. The van der Waals surface area contributed by atoms with Crippen LogP contribution in [-0.2, 0) is 0 Å². The van der Waals surface area contributed by atoms with E-state index in [1.54, 1.807) is 13.2 Å². The number of fused-ring (bicyclic) bond motifs is 1. The molecule has 0 spiro atoms. The van der Waals surface area contributed by atoms with Crippen LogP contribution in [0.25, 0.3) is 11.0 Å². The lowest BCUT2D eigenvalue weighted by Gasteiger charge is -2.41. The molecule has 1 aliphatic rings. The number of methoxy groups -OCH3 is 1. The van der Waals surface area contributed by atoms with Gasteiger partial charge in [-0.05, 0) is 38.4 Å². The van der Waals surface area contributed by atoms with E-state index < -0.39 is 18.2 Å². The Kier molecular flexibility index (Phi) is 6.66. The second kappa shape index (κ2) is 9.50. The van der Waals surface area contributed by atoms with Crippen LogP contribution in [0.5, 0.6) is 5.75 Å². The van der Waals surface area contributed by atoms with Crippen LogP contribution < -0.4 is 10.5 Å². The number of hydrogen-bond acceptors (Lipinski definition) is 7. The molecule has 0 saturated carbocycles. The number of alkyl halides is 2. The van der Waals surface area contributed by atoms with Crippen LogP contribution in [0.4, 0.5) is 14.6 Å². The van der Waals surface area contributed by atoms with Gasteiger partial charge in [-0.15, -0.1) is 0 Å². The highest BCUT2D eigenvalue weighted by molar-refractivity contribution is 5.88. The number of rotatable bonds is 8. The Morgan fingerprint density at radius 3 is 2.68 bits per heavy atom. The van der Waals surface area contributed by atoms with Gasteiger partial charge in [0, 0.05) is 30.1 Å². The molecule has 1 fully saturated rings. The van der Waals surface area contributed by atoms with Crippen molar-refractivity contribution in [3.8, 4) is 11.8 Å². The number of hydrogen-bond donors (Lipinski definition) is 1. The summed E-state index contributed by atoms with van der Waals surface area (Å²) >= 11 is 0. The highest BCUT2D eigenvalue weighted by Crippen LogP contribution is 2.43. The van der Waals surface area contributed by atoms with Crippen LogP contribution >= 0.6 is 0 Å². The molecule has 0 radical (unpaired) electrons. The molecule has 1 atom stereocenters. The summed E-state index contributed by atoms with van der Waals surface area (Å²) in [7, 11) is 1.60. The maximum atomic E-state index is 13.8. The first kappa shape index (κ1) is 23.8. The summed E-state index contributed by atoms with van der Waals surface area (Å²) in [6.45, 7) is 8.77. The minimum absolute atomic E-state index is 0.0433. The van der Waals surface area contributed by atoms with Gasteiger partial charge in [-0.2, -0.15) is 10.4 Å². The lowest BCUT2D eigenvalue weighted by Crippen LogP contribution is -2.45. The fraction of sp³-hybridized carbons (Fsp3) is 0.500. The van der Waals surface area contributed by atoms with E-state index in [2.05, 4.69) is 33.0 Å². The second-order valence-electron chi connectivity index (χ2n) is 8.77. The van der Waals surface area contributed by atoms with E-state index >= 15 is 0 Å². The SMILES string of the molecule is CCCCN1CC(c2c(C)c(C#N)cc(C(C)n3nc(C(F)F)c4c(N)ncnc43)c2OC)C1. The first-order chi connectivity index (χ1) is 16.3. The standard InChI is InChI=1S/C24H29F2N7O/c1-5-6-7-32-10-16(11-32)18-13(2)15(9-27)8-17(21(18)34-4)14(3)33-24-19(20(31-33)22(25)26)23(28)29-12-30-24/h8,12,14,16,22H,5-7,10-11H2,1-4H3,(H2,28,29,30). The van der Waals surface area contributed by atoms with Crippen LogP contribution in [-0.4, -0.2) is 51.4 Å². The van der Waals surface area contributed by atoms with Crippen molar-refractivity contribution in [2.75, 3.05) is 32.5 Å². The number of nitrogens with zero attached hydrogens (tertiary/aromatic N) is 6. The Balaban J connectivity index is 1.83. The van der Waals surface area contributed by atoms with E-state index in [-0.39, 0.29) is 22.8 Å². The van der Waals surface area contributed by atoms with Crippen molar-refractivity contribution in [2.45, 2.75) is 52.0 Å². The minimum Gasteiger partial charge on any atom is -0.496 e. The van der Waals surface area contributed by atoms with E-state index in [0.717, 1.165) is 43.6 Å².